The van der Waals surface area contributed by atoms with E-state index in [4.69, 9.17) is 5.73 Å². The average Bonchev–Trinajstić information content (AvgIpc) is 2.71. The molecular weight excluding hydrogens is 258 g/mol. The summed E-state index contributed by atoms with van der Waals surface area (Å²) in [7, 11) is 2.37. The number of hydrogen-bond acceptors (Lipinski definition) is 3. The van der Waals surface area contributed by atoms with E-state index in [0.717, 1.165) is 18.5 Å². The lowest BCUT2D eigenvalue weighted by atomic mass is 9.80. The molecule has 0 aromatic rings. The van der Waals surface area contributed by atoms with Gasteiger partial charge in [-0.15, -0.1) is 0 Å². The van der Waals surface area contributed by atoms with E-state index in [2.05, 4.69) is 30.7 Å². The summed E-state index contributed by atoms with van der Waals surface area (Å²) < 4.78 is 0. The summed E-state index contributed by atoms with van der Waals surface area (Å²) in [5.74, 6) is 0.835. The first-order chi connectivity index (χ1) is 10.1. The molecule has 0 aromatic heterocycles. The van der Waals surface area contributed by atoms with Crippen LogP contribution >= 0.6 is 0 Å². The third kappa shape index (κ3) is 4.00. The van der Waals surface area contributed by atoms with E-state index < -0.39 is 0 Å². The highest BCUT2D eigenvalue weighted by atomic mass is 15.2. The third-order valence-corrected chi connectivity index (χ3v) is 6.24. The van der Waals surface area contributed by atoms with E-state index in [0.29, 0.717) is 0 Å². The highest BCUT2D eigenvalue weighted by molar-refractivity contribution is 4.97. The zero-order valence-corrected chi connectivity index (χ0v) is 14.6. The summed E-state index contributed by atoms with van der Waals surface area (Å²) in [4.78, 5) is 5.36. The van der Waals surface area contributed by atoms with E-state index in [1.54, 1.807) is 0 Å². The van der Waals surface area contributed by atoms with E-state index in [9.17, 15) is 0 Å². The number of hydrogen-bond donors (Lipinski definition) is 1. The second-order valence-corrected chi connectivity index (χ2v) is 7.56. The topological polar surface area (TPSA) is 32.5 Å². The molecule has 0 bridgehead atoms. The highest BCUT2D eigenvalue weighted by Crippen LogP contribution is 2.35. The molecule has 2 rings (SSSR count). The SMILES string of the molecule is CCCN1CCCC(CN)(N(C)C2CCCCC2C)CC1. The summed E-state index contributed by atoms with van der Waals surface area (Å²) in [5, 5.41) is 0. The molecule has 0 radical (unpaired) electrons. The second-order valence-electron chi connectivity index (χ2n) is 7.56. The van der Waals surface area contributed by atoms with Crippen molar-refractivity contribution in [2.24, 2.45) is 11.7 Å². The van der Waals surface area contributed by atoms with Gasteiger partial charge in [-0.05, 0) is 71.1 Å². The maximum atomic E-state index is 6.32. The summed E-state index contributed by atoms with van der Waals surface area (Å²) >= 11 is 0. The lowest BCUT2D eigenvalue weighted by molar-refractivity contribution is 0.0214. The molecule has 1 saturated heterocycles. The Hall–Kier alpha value is -0.120. The minimum Gasteiger partial charge on any atom is -0.329 e. The van der Waals surface area contributed by atoms with Crippen molar-refractivity contribution in [3.63, 3.8) is 0 Å². The molecule has 3 heteroatoms. The van der Waals surface area contributed by atoms with Gasteiger partial charge in [0.2, 0.25) is 0 Å². The second kappa shape index (κ2) is 7.94. The van der Waals surface area contributed by atoms with Gasteiger partial charge in [0, 0.05) is 18.1 Å². The Balaban J connectivity index is 2.05. The maximum Gasteiger partial charge on any atom is 0.0344 e. The molecule has 3 atom stereocenters. The van der Waals surface area contributed by atoms with Crippen molar-refractivity contribution in [2.45, 2.75) is 76.8 Å². The van der Waals surface area contributed by atoms with Crippen LogP contribution in [0.4, 0.5) is 0 Å². The first-order valence-electron chi connectivity index (χ1n) is 9.28. The molecule has 2 N–H and O–H groups in total. The van der Waals surface area contributed by atoms with Gasteiger partial charge in [0.15, 0.2) is 0 Å². The quantitative estimate of drug-likeness (QED) is 0.846. The molecule has 3 unspecified atom stereocenters. The van der Waals surface area contributed by atoms with Crippen molar-refractivity contribution in [1.82, 2.24) is 9.80 Å². The minimum atomic E-state index is 0.249. The van der Waals surface area contributed by atoms with Crippen LogP contribution in [-0.2, 0) is 0 Å². The van der Waals surface area contributed by atoms with Crippen molar-refractivity contribution in [1.29, 1.82) is 0 Å². The summed E-state index contributed by atoms with van der Waals surface area (Å²) in [6.07, 6.45) is 10.7. The molecule has 0 aromatic carbocycles. The molecule has 0 spiro atoms. The van der Waals surface area contributed by atoms with Crippen LogP contribution in [0.1, 0.15) is 65.2 Å². The monoisotopic (exact) mass is 295 g/mol. The number of nitrogens with zero attached hydrogens (tertiary/aromatic N) is 2. The van der Waals surface area contributed by atoms with Gasteiger partial charge in [0.05, 0.1) is 0 Å². The molecule has 1 heterocycles. The zero-order chi connectivity index (χ0) is 15.3. The molecule has 1 aliphatic heterocycles. The number of likely N-dealkylation sites (N-methyl/N-ethyl adjacent to an activating group) is 1. The Labute approximate surface area is 132 Å². The summed E-state index contributed by atoms with van der Waals surface area (Å²) in [5.41, 5.74) is 6.57. The van der Waals surface area contributed by atoms with Gasteiger partial charge in [-0.3, -0.25) is 4.90 Å². The number of likely N-dealkylation sites (tertiary alicyclic amines) is 1. The summed E-state index contributed by atoms with van der Waals surface area (Å²) in [6.45, 7) is 9.32. The van der Waals surface area contributed by atoms with Gasteiger partial charge in [-0.2, -0.15) is 0 Å². The van der Waals surface area contributed by atoms with Crippen LogP contribution in [0.3, 0.4) is 0 Å². The summed E-state index contributed by atoms with van der Waals surface area (Å²) in [6, 6.07) is 0.750. The molecule has 1 saturated carbocycles. The zero-order valence-electron chi connectivity index (χ0n) is 14.6. The number of rotatable bonds is 5. The average molecular weight is 296 g/mol. The first kappa shape index (κ1) is 17.2. The van der Waals surface area contributed by atoms with E-state index in [1.165, 1.54) is 71.0 Å². The lowest BCUT2D eigenvalue weighted by Gasteiger charge is -2.48. The van der Waals surface area contributed by atoms with Crippen LogP contribution in [0, 0.1) is 5.92 Å². The van der Waals surface area contributed by atoms with Crippen molar-refractivity contribution in [3.05, 3.63) is 0 Å². The standard InChI is InChI=1S/C18H37N3/c1-4-12-21-13-7-10-18(15-19,11-14-21)20(3)17-9-6-5-8-16(17)2/h16-17H,4-15,19H2,1-3H3. The van der Waals surface area contributed by atoms with Crippen LogP contribution < -0.4 is 5.73 Å². The molecule has 2 fully saturated rings. The van der Waals surface area contributed by atoms with Crippen LogP contribution in [0.25, 0.3) is 0 Å². The fourth-order valence-corrected chi connectivity index (χ4v) is 4.70. The minimum absolute atomic E-state index is 0.249. The predicted octanol–water partition coefficient (Wildman–Crippen LogP) is 3.09. The van der Waals surface area contributed by atoms with Crippen molar-refractivity contribution >= 4 is 0 Å². The lowest BCUT2D eigenvalue weighted by Crippen LogP contribution is -2.58. The van der Waals surface area contributed by atoms with Crippen molar-refractivity contribution in [3.8, 4) is 0 Å². The first-order valence-corrected chi connectivity index (χ1v) is 9.28. The Kier molecular flexibility index (Phi) is 6.51. The molecule has 21 heavy (non-hydrogen) atoms. The number of nitrogens with two attached hydrogens (primary N) is 1. The maximum absolute atomic E-state index is 6.32. The normalized spacial score (nSPS) is 35.9. The molecule has 1 aliphatic carbocycles. The molecule has 0 amide bonds. The fourth-order valence-electron chi connectivity index (χ4n) is 4.70. The molecule has 124 valence electrons. The Morgan fingerprint density at radius 2 is 1.90 bits per heavy atom. The van der Waals surface area contributed by atoms with Gasteiger partial charge < -0.3 is 10.6 Å². The van der Waals surface area contributed by atoms with Crippen LogP contribution in [-0.4, -0.2) is 54.6 Å². The highest BCUT2D eigenvalue weighted by Gasteiger charge is 2.40. The van der Waals surface area contributed by atoms with E-state index >= 15 is 0 Å². The Morgan fingerprint density at radius 1 is 1.14 bits per heavy atom. The van der Waals surface area contributed by atoms with Crippen LogP contribution in [0.5, 0.6) is 0 Å². The Bertz CT molecular complexity index is 307. The van der Waals surface area contributed by atoms with E-state index in [1.807, 2.05) is 0 Å². The van der Waals surface area contributed by atoms with E-state index in [-0.39, 0.29) is 5.54 Å². The fraction of sp³-hybridized carbons (Fsp3) is 1.00. The largest absolute Gasteiger partial charge is 0.329 e. The molecule has 2 aliphatic rings. The smallest absolute Gasteiger partial charge is 0.0344 e. The van der Waals surface area contributed by atoms with Gasteiger partial charge in [0.25, 0.3) is 0 Å². The van der Waals surface area contributed by atoms with Crippen molar-refractivity contribution in [2.75, 3.05) is 33.2 Å². The van der Waals surface area contributed by atoms with Gasteiger partial charge in [-0.25, -0.2) is 0 Å². The van der Waals surface area contributed by atoms with Gasteiger partial charge in [-0.1, -0.05) is 26.7 Å². The molecule has 3 nitrogen and oxygen atoms in total. The Morgan fingerprint density at radius 3 is 2.57 bits per heavy atom. The van der Waals surface area contributed by atoms with Gasteiger partial charge >= 0.3 is 0 Å². The van der Waals surface area contributed by atoms with Gasteiger partial charge in [0.1, 0.15) is 0 Å². The molecular formula is C18H37N3. The van der Waals surface area contributed by atoms with Crippen LogP contribution in [0.15, 0.2) is 0 Å². The predicted molar refractivity (Wildman–Crippen MR) is 91.6 cm³/mol. The van der Waals surface area contributed by atoms with Crippen molar-refractivity contribution < 1.29 is 0 Å². The van der Waals surface area contributed by atoms with Crippen LogP contribution in [0.2, 0.25) is 0 Å². The third-order valence-electron chi connectivity index (χ3n) is 6.24.